The van der Waals surface area contributed by atoms with Gasteiger partial charge in [-0.3, -0.25) is 19.8 Å². The molecule has 0 aliphatic carbocycles. The summed E-state index contributed by atoms with van der Waals surface area (Å²) < 4.78 is 11.4. The van der Waals surface area contributed by atoms with Crippen LogP contribution in [0.2, 0.25) is 0 Å². The van der Waals surface area contributed by atoms with Gasteiger partial charge in [-0.2, -0.15) is 0 Å². The quantitative estimate of drug-likeness (QED) is 0.190. The number of thiocarbonyl (C=S) groups is 1. The van der Waals surface area contributed by atoms with Crippen molar-refractivity contribution in [1.29, 1.82) is 0 Å². The van der Waals surface area contributed by atoms with E-state index in [1.54, 1.807) is 73.8 Å². The van der Waals surface area contributed by atoms with E-state index in [0.29, 0.717) is 32.0 Å². The van der Waals surface area contributed by atoms with Gasteiger partial charge in [-0.15, -0.1) is 0 Å². The Labute approximate surface area is 199 Å². The highest BCUT2D eigenvalue weighted by Gasteiger charge is 2.33. The van der Waals surface area contributed by atoms with Crippen LogP contribution in [0.4, 0.5) is 11.4 Å². The first-order chi connectivity index (χ1) is 16.0. The third-order valence-corrected chi connectivity index (χ3v) is 6.16. The van der Waals surface area contributed by atoms with Crippen molar-refractivity contribution in [2.24, 2.45) is 0 Å². The molecule has 0 aromatic heterocycles. The molecule has 0 atom stereocenters. The van der Waals surface area contributed by atoms with Gasteiger partial charge >= 0.3 is 0 Å². The first-order valence-corrected chi connectivity index (χ1v) is 11.1. The molecule has 33 heavy (non-hydrogen) atoms. The zero-order valence-corrected chi connectivity index (χ0v) is 19.1. The minimum atomic E-state index is -0.431. The highest BCUT2D eigenvalue weighted by Crippen LogP contribution is 2.36. The largest absolute Gasteiger partial charge is 0.497 e. The number of nitrogens with zero attached hydrogens (tertiary/aromatic N) is 2. The van der Waals surface area contributed by atoms with Crippen LogP contribution >= 0.6 is 24.0 Å². The Kier molecular flexibility index (Phi) is 6.71. The Balaban J connectivity index is 1.50. The van der Waals surface area contributed by atoms with Crippen LogP contribution in [0.5, 0.6) is 11.5 Å². The first kappa shape index (κ1) is 22.5. The smallest absolute Gasteiger partial charge is 0.276 e. The van der Waals surface area contributed by atoms with Gasteiger partial charge in [-0.25, -0.2) is 0 Å². The molecule has 1 heterocycles. The van der Waals surface area contributed by atoms with Gasteiger partial charge in [0.1, 0.15) is 18.1 Å². The van der Waals surface area contributed by atoms with Gasteiger partial charge in [0.25, 0.3) is 11.6 Å². The van der Waals surface area contributed by atoms with E-state index in [2.05, 4.69) is 0 Å². The maximum Gasteiger partial charge on any atom is 0.276 e. The standard InChI is InChI=1S/C24H18N2O5S2/c1-30-19-11-9-18(10-12-19)25-23(27)22(33-24(25)32)14-16-5-4-7-20(13-16)31-15-17-6-2-3-8-21(17)26(28)29/h2-14H,15H2,1H3/b22-14+. The molecule has 0 bridgehead atoms. The number of rotatable bonds is 7. The lowest BCUT2D eigenvalue weighted by Crippen LogP contribution is -2.27. The summed E-state index contributed by atoms with van der Waals surface area (Å²) in [5, 5.41) is 11.2. The zero-order chi connectivity index (χ0) is 23.4. The second-order valence-electron chi connectivity index (χ2n) is 6.96. The van der Waals surface area contributed by atoms with Crippen molar-refractivity contribution in [2.45, 2.75) is 6.61 Å². The van der Waals surface area contributed by atoms with Gasteiger partial charge in [-0.1, -0.05) is 48.2 Å². The number of nitro benzene ring substituents is 1. The Bertz CT molecular complexity index is 1260. The molecule has 0 saturated carbocycles. The first-order valence-electron chi connectivity index (χ1n) is 9.83. The van der Waals surface area contributed by atoms with E-state index in [1.807, 2.05) is 6.07 Å². The van der Waals surface area contributed by atoms with Gasteiger partial charge in [-0.05, 0) is 54.1 Å². The topological polar surface area (TPSA) is 81.9 Å². The predicted octanol–water partition coefficient (Wildman–Crippen LogP) is 5.59. The number of carbonyl (C=O) groups is 1. The molecule has 0 radical (unpaired) electrons. The van der Waals surface area contributed by atoms with E-state index < -0.39 is 4.92 Å². The van der Waals surface area contributed by atoms with Crippen LogP contribution in [0.15, 0.2) is 77.7 Å². The number of benzene rings is 3. The summed E-state index contributed by atoms with van der Waals surface area (Å²) in [6.07, 6.45) is 1.75. The number of amides is 1. The fourth-order valence-electron chi connectivity index (χ4n) is 3.24. The normalized spacial score (nSPS) is 14.6. The van der Waals surface area contributed by atoms with Crippen LogP contribution in [-0.4, -0.2) is 22.3 Å². The van der Waals surface area contributed by atoms with Crippen LogP contribution in [-0.2, 0) is 11.4 Å². The van der Waals surface area contributed by atoms with Crippen LogP contribution in [0.1, 0.15) is 11.1 Å². The summed E-state index contributed by atoms with van der Waals surface area (Å²) in [5.41, 5.74) is 1.91. The van der Waals surface area contributed by atoms with E-state index in [1.165, 1.54) is 22.7 Å². The molecule has 1 fully saturated rings. The molecule has 0 unspecified atom stereocenters. The predicted molar refractivity (Wildman–Crippen MR) is 133 cm³/mol. The number of hydrogen-bond acceptors (Lipinski definition) is 7. The summed E-state index contributed by atoms with van der Waals surface area (Å²) in [5.74, 6) is 1.02. The number of thioether (sulfide) groups is 1. The lowest BCUT2D eigenvalue weighted by Gasteiger charge is -2.14. The van der Waals surface area contributed by atoms with Gasteiger partial charge < -0.3 is 9.47 Å². The molecular formula is C24H18N2O5S2. The second-order valence-corrected chi connectivity index (χ2v) is 8.64. The molecule has 1 saturated heterocycles. The number of carbonyl (C=O) groups excluding carboxylic acids is 1. The number of methoxy groups -OCH3 is 1. The van der Waals surface area contributed by atoms with Gasteiger partial charge in [0.15, 0.2) is 4.32 Å². The zero-order valence-electron chi connectivity index (χ0n) is 17.5. The lowest BCUT2D eigenvalue weighted by molar-refractivity contribution is -0.385. The minimum absolute atomic E-state index is 0.0101. The van der Waals surface area contributed by atoms with Crippen LogP contribution in [0.25, 0.3) is 6.08 Å². The fourth-order valence-corrected chi connectivity index (χ4v) is 4.54. The van der Waals surface area contributed by atoms with Crippen molar-refractivity contribution in [3.8, 4) is 11.5 Å². The van der Waals surface area contributed by atoms with E-state index in [0.717, 1.165) is 5.56 Å². The van der Waals surface area contributed by atoms with E-state index in [4.69, 9.17) is 21.7 Å². The van der Waals surface area contributed by atoms with Gasteiger partial charge in [0.2, 0.25) is 0 Å². The molecule has 3 aromatic rings. The molecule has 1 amide bonds. The number of para-hydroxylation sites is 1. The van der Waals surface area contributed by atoms with Crippen LogP contribution in [0.3, 0.4) is 0 Å². The van der Waals surface area contributed by atoms with Crippen LogP contribution < -0.4 is 14.4 Å². The van der Waals surface area contributed by atoms with Crippen molar-refractivity contribution in [1.82, 2.24) is 0 Å². The average molecular weight is 479 g/mol. The summed E-state index contributed by atoms with van der Waals surface area (Å²) in [4.78, 5) is 25.7. The van der Waals surface area contributed by atoms with Crippen molar-refractivity contribution in [3.63, 3.8) is 0 Å². The molecule has 166 valence electrons. The molecule has 3 aromatic carbocycles. The third kappa shape index (κ3) is 5.05. The molecule has 1 aliphatic rings. The highest BCUT2D eigenvalue weighted by atomic mass is 32.2. The van der Waals surface area contributed by atoms with Crippen molar-refractivity contribution in [2.75, 3.05) is 12.0 Å². The monoisotopic (exact) mass is 478 g/mol. The molecule has 1 aliphatic heterocycles. The Morgan fingerprint density at radius 2 is 1.82 bits per heavy atom. The average Bonchev–Trinajstić information content (AvgIpc) is 3.10. The lowest BCUT2D eigenvalue weighted by atomic mass is 10.2. The number of ether oxygens (including phenoxy) is 2. The van der Waals surface area contributed by atoms with Crippen molar-refractivity contribution >= 4 is 51.7 Å². The van der Waals surface area contributed by atoms with Gasteiger partial charge in [0, 0.05) is 6.07 Å². The van der Waals surface area contributed by atoms with E-state index in [9.17, 15) is 14.9 Å². The van der Waals surface area contributed by atoms with E-state index >= 15 is 0 Å². The minimum Gasteiger partial charge on any atom is -0.497 e. The third-order valence-electron chi connectivity index (χ3n) is 4.86. The summed E-state index contributed by atoms with van der Waals surface area (Å²) >= 11 is 6.65. The Morgan fingerprint density at radius 1 is 1.06 bits per heavy atom. The van der Waals surface area contributed by atoms with Crippen LogP contribution in [0, 0.1) is 10.1 Å². The molecule has 0 spiro atoms. The molecule has 7 nitrogen and oxygen atoms in total. The Hall–Kier alpha value is -3.69. The maximum atomic E-state index is 13.0. The van der Waals surface area contributed by atoms with Gasteiger partial charge in [0.05, 0.1) is 28.2 Å². The number of nitro groups is 1. The summed E-state index contributed by atoms with van der Waals surface area (Å²) in [6, 6.07) is 20.7. The number of anilines is 1. The molecule has 9 heteroatoms. The SMILES string of the molecule is COc1ccc(N2C(=O)/C(=C\c3cccc(OCc4ccccc4[N+](=O)[O-])c3)SC2=S)cc1. The molecular weight excluding hydrogens is 460 g/mol. The van der Waals surface area contributed by atoms with Crippen molar-refractivity contribution in [3.05, 3.63) is 98.9 Å². The van der Waals surface area contributed by atoms with E-state index in [-0.39, 0.29) is 18.2 Å². The summed E-state index contributed by atoms with van der Waals surface area (Å²) in [7, 11) is 1.58. The Morgan fingerprint density at radius 3 is 2.55 bits per heavy atom. The summed E-state index contributed by atoms with van der Waals surface area (Å²) in [6.45, 7) is 0.0557. The second kappa shape index (κ2) is 9.85. The maximum absolute atomic E-state index is 13.0. The molecule has 4 rings (SSSR count). The molecule has 0 N–H and O–H groups in total. The number of hydrogen-bond donors (Lipinski definition) is 0. The van der Waals surface area contributed by atoms with Crippen molar-refractivity contribution < 1.29 is 19.2 Å². The fraction of sp³-hybridized carbons (Fsp3) is 0.0833. The highest BCUT2D eigenvalue weighted by molar-refractivity contribution is 8.27.